The van der Waals surface area contributed by atoms with Crippen molar-refractivity contribution in [3.63, 3.8) is 0 Å². The summed E-state index contributed by atoms with van der Waals surface area (Å²) in [5.41, 5.74) is 0.962. The molecule has 0 aliphatic rings. The normalized spacial score (nSPS) is 10.5. The number of phenols is 1. The Morgan fingerprint density at radius 2 is 1.71 bits per heavy atom. The first-order valence-electron chi connectivity index (χ1n) is 6.36. The number of phenolic OH excluding ortho intramolecular Hbond substituents is 1. The van der Waals surface area contributed by atoms with Crippen LogP contribution in [0.1, 0.15) is 15.9 Å². The summed E-state index contributed by atoms with van der Waals surface area (Å²) in [5.74, 6) is -0.644. The van der Waals surface area contributed by atoms with E-state index in [0.29, 0.717) is 11.1 Å². The van der Waals surface area contributed by atoms with Crippen molar-refractivity contribution < 1.29 is 19.4 Å². The van der Waals surface area contributed by atoms with E-state index in [4.69, 9.17) is 4.74 Å². The number of carbonyl (C=O) groups excluding carboxylic acids is 2. The van der Waals surface area contributed by atoms with Gasteiger partial charge in [-0.25, -0.2) is 4.79 Å². The summed E-state index contributed by atoms with van der Waals surface area (Å²) in [6, 6.07) is 13.3. The lowest BCUT2D eigenvalue weighted by atomic mass is 10.1. The molecule has 0 aromatic heterocycles. The van der Waals surface area contributed by atoms with Crippen molar-refractivity contribution in [3.8, 4) is 11.5 Å². The fourth-order valence-electron chi connectivity index (χ4n) is 1.70. The van der Waals surface area contributed by atoms with E-state index in [1.54, 1.807) is 49.4 Å². The van der Waals surface area contributed by atoms with Crippen molar-refractivity contribution >= 4 is 11.8 Å². The van der Waals surface area contributed by atoms with E-state index in [1.807, 2.05) is 0 Å². The number of esters is 1. The Kier molecular flexibility index (Phi) is 4.51. The zero-order valence-electron chi connectivity index (χ0n) is 11.4. The first-order chi connectivity index (χ1) is 10.1. The molecule has 0 unspecified atom stereocenters. The maximum absolute atomic E-state index is 11.8. The molecule has 0 bridgehead atoms. The summed E-state index contributed by atoms with van der Waals surface area (Å²) < 4.78 is 5.07. The standard InChI is InChI=1S/C17H14O4/c1-12-14(18)8-5-9-16(12)21-17(20)11-10-15(19)13-6-3-2-4-7-13/h2-11,18H,1H3. The third-order valence-electron chi connectivity index (χ3n) is 2.90. The molecule has 0 spiro atoms. The van der Waals surface area contributed by atoms with Gasteiger partial charge < -0.3 is 9.84 Å². The van der Waals surface area contributed by atoms with Crippen LogP contribution in [0.2, 0.25) is 0 Å². The van der Waals surface area contributed by atoms with Crippen LogP contribution in [0.5, 0.6) is 11.5 Å². The van der Waals surface area contributed by atoms with E-state index in [-0.39, 0.29) is 17.3 Å². The zero-order valence-corrected chi connectivity index (χ0v) is 11.4. The summed E-state index contributed by atoms with van der Waals surface area (Å²) in [5, 5.41) is 9.52. The fourth-order valence-corrected chi connectivity index (χ4v) is 1.70. The molecule has 0 aliphatic carbocycles. The van der Waals surface area contributed by atoms with Crippen LogP contribution >= 0.6 is 0 Å². The molecule has 1 N–H and O–H groups in total. The SMILES string of the molecule is Cc1c(O)cccc1OC(=O)C=CC(=O)c1ccccc1. The van der Waals surface area contributed by atoms with E-state index in [0.717, 1.165) is 12.2 Å². The van der Waals surface area contributed by atoms with Gasteiger partial charge in [-0.05, 0) is 25.1 Å². The Bertz CT molecular complexity index is 687. The van der Waals surface area contributed by atoms with Gasteiger partial charge in [0.1, 0.15) is 11.5 Å². The Hall–Kier alpha value is -2.88. The number of hydrogen-bond donors (Lipinski definition) is 1. The molecule has 0 radical (unpaired) electrons. The van der Waals surface area contributed by atoms with Crippen LogP contribution in [-0.2, 0) is 4.79 Å². The van der Waals surface area contributed by atoms with Gasteiger partial charge in [0.25, 0.3) is 0 Å². The number of ether oxygens (including phenoxy) is 1. The molecule has 2 aromatic carbocycles. The summed E-state index contributed by atoms with van der Waals surface area (Å²) in [4.78, 5) is 23.5. The number of allylic oxidation sites excluding steroid dienone is 1. The Balaban J connectivity index is 2.03. The van der Waals surface area contributed by atoms with Crippen molar-refractivity contribution in [2.24, 2.45) is 0 Å². The van der Waals surface area contributed by atoms with Crippen LogP contribution in [0.15, 0.2) is 60.7 Å². The molecule has 0 atom stereocenters. The smallest absolute Gasteiger partial charge is 0.336 e. The van der Waals surface area contributed by atoms with Gasteiger partial charge in [-0.1, -0.05) is 36.4 Å². The first-order valence-corrected chi connectivity index (χ1v) is 6.36. The van der Waals surface area contributed by atoms with Crippen molar-refractivity contribution in [1.29, 1.82) is 0 Å². The average molecular weight is 282 g/mol. The van der Waals surface area contributed by atoms with Crippen LogP contribution in [0.3, 0.4) is 0 Å². The highest BCUT2D eigenvalue weighted by molar-refractivity contribution is 6.07. The largest absolute Gasteiger partial charge is 0.508 e. The Morgan fingerprint density at radius 3 is 2.43 bits per heavy atom. The topological polar surface area (TPSA) is 63.6 Å². The molecular weight excluding hydrogens is 268 g/mol. The highest BCUT2D eigenvalue weighted by Gasteiger charge is 2.08. The maximum atomic E-state index is 11.8. The highest BCUT2D eigenvalue weighted by Crippen LogP contribution is 2.26. The summed E-state index contributed by atoms with van der Waals surface area (Å²) in [7, 11) is 0. The lowest BCUT2D eigenvalue weighted by molar-refractivity contribution is -0.129. The molecule has 0 aliphatic heterocycles. The second-order valence-corrected chi connectivity index (χ2v) is 4.38. The second-order valence-electron chi connectivity index (χ2n) is 4.38. The zero-order chi connectivity index (χ0) is 15.2. The molecule has 0 fully saturated rings. The van der Waals surface area contributed by atoms with Crippen molar-refractivity contribution in [2.45, 2.75) is 6.92 Å². The summed E-state index contributed by atoms with van der Waals surface area (Å²) in [6.45, 7) is 1.64. The van der Waals surface area contributed by atoms with Crippen LogP contribution in [0.25, 0.3) is 0 Å². The highest BCUT2D eigenvalue weighted by atomic mass is 16.5. The van der Waals surface area contributed by atoms with Gasteiger partial charge in [0.15, 0.2) is 5.78 Å². The molecule has 2 aromatic rings. The molecule has 106 valence electrons. The van der Waals surface area contributed by atoms with E-state index < -0.39 is 5.97 Å². The molecule has 4 nitrogen and oxygen atoms in total. The van der Waals surface area contributed by atoms with Gasteiger partial charge in [-0.2, -0.15) is 0 Å². The van der Waals surface area contributed by atoms with Crippen LogP contribution in [0, 0.1) is 6.92 Å². The third kappa shape index (κ3) is 3.79. The molecule has 0 amide bonds. The average Bonchev–Trinajstić information content (AvgIpc) is 2.50. The lowest BCUT2D eigenvalue weighted by Crippen LogP contribution is -2.06. The minimum atomic E-state index is -0.673. The minimum Gasteiger partial charge on any atom is -0.508 e. The molecule has 0 saturated heterocycles. The molecule has 21 heavy (non-hydrogen) atoms. The molecule has 0 saturated carbocycles. The van der Waals surface area contributed by atoms with E-state index in [9.17, 15) is 14.7 Å². The van der Waals surface area contributed by atoms with Crippen LogP contribution in [0.4, 0.5) is 0 Å². The summed E-state index contributed by atoms with van der Waals surface area (Å²) >= 11 is 0. The van der Waals surface area contributed by atoms with Crippen LogP contribution < -0.4 is 4.74 Å². The number of ketones is 1. The van der Waals surface area contributed by atoms with Gasteiger partial charge in [-0.15, -0.1) is 0 Å². The number of carbonyl (C=O) groups is 2. The number of rotatable bonds is 4. The monoisotopic (exact) mass is 282 g/mol. The Morgan fingerprint density at radius 1 is 1.00 bits per heavy atom. The number of hydrogen-bond acceptors (Lipinski definition) is 4. The Labute approximate surface area is 122 Å². The van der Waals surface area contributed by atoms with Crippen molar-refractivity contribution in [2.75, 3.05) is 0 Å². The van der Waals surface area contributed by atoms with E-state index in [1.165, 1.54) is 6.07 Å². The van der Waals surface area contributed by atoms with Crippen LogP contribution in [-0.4, -0.2) is 16.9 Å². The molecular formula is C17H14O4. The second kappa shape index (κ2) is 6.52. The quantitative estimate of drug-likeness (QED) is 0.405. The molecule has 0 heterocycles. The predicted molar refractivity (Wildman–Crippen MR) is 78.4 cm³/mol. The summed E-state index contributed by atoms with van der Waals surface area (Å²) in [6.07, 6.45) is 2.23. The number of benzene rings is 2. The first kappa shape index (κ1) is 14.5. The molecule has 2 rings (SSSR count). The van der Waals surface area contributed by atoms with E-state index >= 15 is 0 Å². The fraction of sp³-hybridized carbons (Fsp3) is 0.0588. The van der Waals surface area contributed by atoms with Gasteiger partial charge >= 0.3 is 5.97 Å². The predicted octanol–water partition coefficient (Wildman–Crippen LogP) is 3.05. The lowest BCUT2D eigenvalue weighted by Gasteiger charge is -2.06. The number of aromatic hydroxyl groups is 1. The van der Waals surface area contributed by atoms with Gasteiger partial charge in [0, 0.05) is 17.2 Å². The van der Waals surface area contributed by atoms with E-state index in [2.05, 4.69) is 0 Å². The maximum Gasteiger partial charge on any atom is 0.336 e. The van der Waals surface area contributed by atoms with Crippen molar-refractivity contribution in [1.82, 2.24) is 0 Å². The van der Waals surface area contributed by atoms with Gasteiger partial charge in [0.2, 0.25) is 0 Å². The minimum absolute atomic E-state index is 0.0460. The van der Waals surface area contributed by atoms with Gasteiger partial charge in [-0.3, -0.25) is 4.79 Å². The van der Waals surface area contributed by atoms with Gasteiger partial charge in [0.05, 0.1) is 0 Å². The van der Waals surface area contributed by atoms with Crippen molar-refractivity contribution in [3.05, 3.63) is 71.8 Å². The third-order valence-corrected chi connectivity index (χ3v) is 2.90. The molecule has 4 heteroatoms.